The maximum absolute atomic E-state index is 12.7. The first-order chi connectivity index (χ1) is 11.5. The van der Waals surface area contributed by atoms with Gasteiger partial charge in [0.2, 0.25) is 0 Å². The third kappa shape index (κ3) is 3.49. The number of rotatable bonds is 5. The zero-order chi connectivity index (χ0) is 17.2. The molecular formula is C20H17BrO3. The predicted octanol–water partition coefficient (Wildman–Crippen LogP) is 4.68. The average Bonchev–Trinajstić information content (AvgIpc) is 2.93. The van der Waals surface area contributed by atoms with Gasteiger partial charge in [-0.15, -0.1) is 0 Å². The Morgan fingerprint density at radius 1 is 1.17 bits per heavy atom. The Morgan fingerprint density at radius 3 is 2.54 bits per heavy atom. The molecule has 1 heterocycles. The highest BCUT2D eigenvalue weighted by Gasteiger charge is 2.41. The first-order valence-electron chi connectivity index (χ1n) is 7.74. The van der Waals surface area contributed by atoms with Crippen molar-refractivity contribution in [3.63, 3.8) is 0 Å². The van der Waals surface area contributed by atoms with Crippen LogP contribution in [0.3, 0.4) is 0 Å². The molecule has 122 valence electrons. The Bertz CT molecular complexity index is 798. The highest BCUT2D eigenvalue weighted by Crippen LogP contribution is 2.39. The van der Waals surface area contributed by atoms with Crippen molar-refractivity contribution in [1.82, 2.24) is 0 Å². The van der Waals surface area contributed by atoms with E-state index < -0.39 is 5.60 Å². The number of benzene rings is 2. The van der Waals surface area contributed by atoms with Crippen molar-refractivity contribution >= 4 is 27.7 Å². The van der Waals surface area contributed by atoms with Gasteiger partial charge in [0.1, 0.15) is 5.60 Å². The lowest BCUT2D eigenvalue weighted by Crippen LogP contribution is -2.34. The second-order valence-corrected chi connectivity index (χ2v) is 6.95. The molecule has 0 unspecified atom stereocenters. The zero-order valence-corrected chi connectivity index (χ0v) is 14.8. The fraction of sp³-hybridized carbons (Fsp3) is 0.200. The summed E-state index contributed by atoms with van der Waals surface area (Å²) >= 11 is 3.47. The van der Waals surface area contributed by atoms with Crippen molar-refractivity contribution in [1.29, 1.82) is 0 Å². The van der Waals surface area contributed by atoms with E-state index in [9.17, 15) is 9.59 Å². The standard InChI is InChI=1S/C20H17BrO3/c1-20(11-10-19(23)24-20)17(15-8-5-9-16(21)12-15)13-18(22)14-6-3-2-4-7-14/h2-12,17H,13H2,1H3/t17-,20+/m0/s1. The number of hydrogen-bond donors (Lipinski definition) is 0. The molecule has 0 saturated heterocycles. The molecule has 0 aliphatic carbocycles. The second-order valence-electron chi connectivity index (χ2n) is 6.04. The molecule has 1 aliphatic heterocycles. The molecule has 1 aliphatic rings. The van der Waals surface area contributed by atoms with Crippen LogP contribution in [0.1, 0.15) is 35.2 Å². The van der Waals surface area contributed by atoms with E-state index in [-0.39, 0.29) is 24.1 Å². The van der Waals surface area contributed by atoms with E-state index in [0.29, 0.717) is 5.56 Å². The first kappa shape index (κ1) is 16.7. The Hall–Kier alpha value is -2.20. The summed E-state index contributed by atoms with van der Waals surface area (Å²) in [4.78, 5) is 24.3. The lowest BCUT2D eigenvalue weighted by atomic mass is 9.79. The third-order valence-corrected chi connectivity index (χ3v) is 4.79. The second kappa shape index (κ2) is 6.73. The fourth-order valence-electron chi connectivity index (χ4n) is 3.01. The predicted molar refractivity (Wildman–Crippen MR) is 95.9 cm³/mol. The lowest BCUT2D eigenvalue weighted by Gasteiger charge is -2.32. The summed E-state index contributed by atoms with van der Waals surface area (Å²) in [5, 5.41) is 0. The molecule has 4 heteroatoms. The topological polar surface area (TPSA) is 43.4 Å². The van der Waals surface area contributed by atoms with Gasteiger partial charge in [-0.2, -0.15) is 0 Å². The van der Waals surface area contributed by atoms with E-state index in [1.807, 2.05) is 49.4 Å². The van der Waals surface area contributed by atoms with E-state index in [1.54, 1.807) is 18.2 Å². The van der Waals surface area contributed by atoms with Crippen LogP contribution in [0.25, 0.3) is 0 Å². The van der Waals surface area contributed by atoms with Gasteiger partial charge in [0.25, 0.3) is 0 Å². The molecular weight excluding hydrogens is 368 g/mol. The fourth-order valence-corrected chi connectivity index (χ4v) is 3.42. The number of ketones is 1. The molecule has 0 bridgehead atoms. The molecule has 0 fully saturated rings. The van der Waals surface area contributed by atoms with E-state index >= 15 is 0 Å². The minimum Gasteiger partial charge on any atom is -0.451 e. The SMILES string of the molecule is C[C@]1([C@@H](CC(=O)c2ccccc2)c2cccc(Br)c2)C=CC(=O)O1. The minimum absolute atomic E-state index is 0.0261. The van der Waals surface area contributed by atoms with E-state index in [2.05, 4.69) is 15.9 Å². The number of cyclic esters (lactones) is 1. The number of carbonyl (C=O) groups excluding carboxylic acids is 2. The van der Waals surface area contributed by atoms with Gasteiger partial charge in [-0.1, -0.05) is 58.4 Å². The van der Waals surface area contributed by atoms with E-state index in [4.69, 9.17) is 4.74 Å². The number of ether oxygens (including phenoxy) is 1. The first-order valence-corrected chi connectivity index (χ1v) is 8.53. The van der Waals surface area contributed by atoms with Gasteiger partial charge in [0.15, 0.2) is 5.78 Å². The molecule has 0 radical (unpaired) electrons. The molecule has 3 nitrogen and oxygen atoms in total. The lowest BCUT2D eigenvalue weighted by molar-refractivity contribution is -0.145. The molecule has 0 spiro atoms. The molecule has 24 heavy (non-hydrogen) atoms. The maximum atomic E-state index is 12.7. The number of Topliss-reactive ketones (excluding diaryl/α,β-unsaturated/α-hetero) is 1. The van der Waals surface area contributed by atoms with Crippen LogP contribution in [0.2, 0.25) is 0 Å². The summed E-state index contributed by atoms with van der Waals surface area (Å²) in [5.41, 5.74) is 0.785. The van der Waals surface area contributed by atoms with Crippen LogP contribution in [0.15, 0.2) is 71.2 Å². The minimum atomic E-state index is -0.831. The normalized spacial score (nSPS) is 20.7. The average molecular weight is 385 g/mol. The Kier molecular flexibility index (Phi) is 4.67. The number of esters is 1. The molecule has 0 amide bonds. The van der Waals surface area contributed by atoms with Gasteiger partial charge in [-0.3, -0.25) is 4.79 Å². The monoisotopic (exact) mass is 384 g/mol. The van der Waals surface area contributed by atoms with Crippen molar-refractivity contribution in [2.75, 3.05) is 0 Å². The summed E-state index contributed by atoms with van der Waals surface area (Å²) in [6, 6.07) is 17.0. The van der Waals surface area contributed by atoms with Crippen LogP contribution in [0.4, 0.5) is 0 Å². The quantitative estimate of drug-likeness (QED) is 0.555. The molecule has 0 aromatic heterocycles. The van der Waals surface area contributed by atoms with Gasteiger partial charge < -0.3 is 4.74 Å². The van der Waals surface area contributed by atoms with Crippen LogP contribution in [0.5, 0.6) is 0 Å². The molecule has 0 N–H and O–H groups in total. The molecule has 2 aromatic carbocycles. The number of halogens is 1. The Labute approximate surface area is 149 Å². The Morgan fingerprint density at radius 2 is 1.92 bits per heavy atom. The molecule has 2 aromatic rings. The largest absolute Gasteiger partial charge is 0.451 e. The summed E-state index contributed by atoms with van der Waals surface area (Å²) in [7, 11) is 0. The number of carbonyl (C=O) groups is 2. The molecule has 2 atom stereocenters. The summed E-state index contributed by atoms with van der Waals surface area (Å²) in [6.45, 7) is 1.85. The van der Waals surface area contributed by atoms with Crippen LogP contribution in [0, 0.1) is 0 Å². The summed E-state index contributed by atoms with van der Waals surface area (Å²) in [6.07, 6.45) is 3.44. The van der Waals surface area contributed by atoms with Crippen molar-refractivity contribution in [2.24, 2.45) is 0 Å². The smallest absolute Gasteiger partial charge is 0.331 e. The highest BCUT2D eigenvalue weighted by molar-refractivity contribution is 9.10. The van der Waals surface area contributed by atoms with E-state index in [1.165, 1.54) is 6.08 Å². The van der Waals surface area contributed by atoms with Crippen LogP contribution in [-0.4, -0.2) is 17.4 Å². The van der Waals surface area contributed by atoms with Crippen LogP contribution < -0.4 is 0 Å². The van der Waals surface area contributed by atoms with Gasteiger partial charge in [-0.05, 0) is 30.7 Å². The van der Waals surface area contributed by atoms with Crippen molar-refractivity contribution in [3.8, 4) is 0 Å². The van der Waals surface area contributed by atoms with Crippen molar-refractivity contribution in [2.45, 2.75) is 24.9 Å². The van der Waals surface area contributed by atoms with Crippen molar-refractivity contribution < 1.29 is 14.3 Å². The summed E-state index contributed by atoms with van der Waals surface area (Å²) < 4.78 is 6.45. The van der Waals surface area contributed by atoms with Gasteiger partial charge >= 0.3 is 5.97 Å². The maximum Gasteiger partial charge on any atom is 0.331 e. The van der Waals surface area contributed by atoms with Crippen LogP contribution in [-0.2, 0) is 9.53 Å². The third-order valence-electron chi connectivity index (χ3n) is 4.30. The zero-order valence-electron chi connectivity index (χ0n) is 13.2. The van der Waals surface area contributed by atoms with E-state index in [0.717, 1.165) is 10.0 Å². The summed E-state index contributed by atoms with van der Waals surface area (Å²) in [5.74, 6) is -0.604. The number of hydrogen-bond acceptors (Lipinski definition) is 3. The molecule has 3 rings (SSSR count). The van der Waals surface area contributed by atoms with Gasteiger partial charge in [0, 0.05) is 28.5 Å². The van der Waals surface area contributed by atoms with Gasteiger partial charge in [0.05, 0.1) is 0 Å². The molecule has 0 saturated carbocycles. The van der Waals surface area contributed by atoms with Gasteiger partial charge in [-0.25, -0.2) is 4.79 Å². The van der Waals surface area contributed by atoms with Crippen LogP contribution >= 0.6 is 15.9 Å². The highest BCUT2D eigenvalue weighted by atomic mass is 79.9. The van der Waals surface area contributed by atoms with Crippen molar-refractivity contribution in [3.05, 3.63) is 82.3 Å². The Balaban J connectivity index is 1.95.